The molecule has 0 radical (unpaired) electrons. The van der Waals surface area contributed by atoms with Gasteiger partial charge >= 0.3 is 5.97 Å². The van der Waals surface area contributed by atoms with Crippen molar-refractivity contribution in [2.24, 2.45) is 5.73 Å². The summed E-state index contributed by atoms with van der Waals surface area (Å²) in [5, 5.41) is 17.5. The number of rotatable bonds is 2. The standard InChI is InChI=1S/C10H10N2O2/c1-10(12,9(13)14)8-4-2-3-7(5-8)6-11/h2-5H,12H2,1H3,(H,13,14). The van der Waals surface area contributed by atoms with Crippen molar-refractivity contribution >= 4 is 5.97 Å². The summed E-state index contributed by atoms with van der Waals surface area (Å²) < 4.78 is 0. The lowest BCUT2D eigenvalue weighted by Crippen LogP contribution is -2.41. The molecule has 1 rings (SSSR count). The second-order valence-electron chi connectivity index (χ2n) is 3.20. The van der Waals surface area contributed by atoms with Crippen LogP contribution in [0.3, 0.4) is 0 Å². The van der Waals surface area contributed by atoms with Crippen LogP contribution in [0.15, 0.2) is 24.3 Å². The van der Waals surface area contributed by atoms with E-state index in [1.165, 1.54) is 13.0 Å². The van der Waals surface area contributed by atoms with Gasteiger partial charge in [0, 0.05) is 0 Å². The molecule has 72 valence electrons. The minimum atomic E-state index is -1.45. The van der Waals surface area contributed by atoms with Gasteiger partial charge in [0.25, 0.3) is 0 Å². The van der Waals surface area contributed by atoms with Crippen LogP contribution in [-0.4, -0.2) is 11.1 Å². The van der Waals surface area contributed by atoms with Gasteiger partial charge in [0.15, 0.2) is 0 Å². The van der Waals surface area contributed by atoms with Crippen molar-refractivity contribution in [3.05, 3.63) is 35.4 Å². The first-order valence-corrected chi connectivity index (χ1v) is 4.01. The first-order chi connectivity index (χ1) is 6.48. The maximum Gasteiger partial charge on any atom is 0.328 e. The summed E-state index contributed by atoms with van der Waals surface area (Å²) >= 11 is 0. The first kappa shape index (κ1) is 10.2. The van der Waals surface area contributed by atoms with Crippen LogP contribution in [0.25, 0.3) is 0 Å². The summed E-state index contributed by atoms with van der Waals surface area (Å²) in [6, 6.07) is 8.21. The van der Waals surface area contributed by atoms with Crippen molar-refractivity contribution < 1.29 is 9.90 Å². The number of hydrogen-bond acceptors (Lipinski definition) is 3. The van der Waals surface area contributed by atoms with Crippen LogP contribution in [0, 0.1) is 11.3 Å². The predicted molar refractivity (Wildman–Crippen MR) is 50.3 cm³/mol. The number of nitriles is 1. The second kappa shape index (κ2) is 3.48. The van der Waals surface area contributed by atoms with Gasteiger partial charge in [-0.05, 0) is 24.6 Å². The highest BCUT2D eigenvalue weighted by Gasteiger charge is 2.30. The van der Waals surface area contributed by atoms with Gasteiger partial charge in [-0.2, -0.15) is 5.26 Å². The lowest BCUT2D eigenvalue weighted by molar-refractivity contribution is -0.143. The number of benzene rings is 1. The van der Waals surface area contributed by atoms with Crippen molar-refractivity contribution in [2.45, 2.75) is 12.5 Å². The normalized spacial score (nSPS) is 14.1. The quantitative estimate of drug-likeness (QED) is 0.722. The van der Waals surface area contributed by atoms with Crippen LogP contribution >= 0.6 is 0 Å². The molecular formula is C10H10N2O2. The number of carboxylic acid groups (broad SMARTS) is 1. The molecule has 0 saturated carbocycles. The molecule has 3 N–H and O–H groups in total. The zero-order valence-corrected chi connectivity index (χ0v) is 7.69. The van der Waals surface area contributed by atoms with Crippen molar-refractivity contribution in [3.63, 3.8) is 0 Å². The first-order valence-electron chi connectivity index (χ1n) is 4.01. The average Bonchev–Trinajstić information content (AvgIpc) is 2.17. The molecule has 0 fully saturated rings. The van der Waals surface area contributed by atoms with Gasteiger partial charge in [-0.3, -0.25) is 0 Å². The Labute approximate surface area is 81.6 Å². The zero-order chi connectivity index (χ0) is 10.8. The van der Waals surface area contributed by atoms with Gasteiger partial charge in [0.05, 0.1) is 11.6 Å². The van der Waals surface area contributed by atoms with Crippen molar-refractivity contribution in [2.75, 3.05) is 0 Å². The molecule has 0 spiro atoms. The third-order valence-corrected chi connectivity index (χ3v) is 2.04. The van der Waals surface area contributed by atoms with Gasteiger partial charge in [0.2, 0.25) is 0 Å². The number of hydrogen-bond donors (Lipinski definition) is 2. The summed E-state index contributed by atoms with van der Waals surface area (Å²) in [5.41, 5.74) is 4.97. The fraction of sp³-hybridized carbons (Fsp3) is 0.200. The fourth-order valence-electron chi connectivity index (χ4n) is 1.04. The van der Waals surface area contributed by atoms with Crippen LogP contribution in [0.2, 0.25) is 0 Å². The number of carboxylic acids is 1. The Hall–Kier alpha value is -1.86. The molecule has 0 amide bonds. The molecule has 4 heteroatoms. The molecule has 1 aromatic rings. The van der Waals surface area contributed by atoms with E-state index in [9.17, 15) is 4.79 Å². The van der Waals surface area contributed by atoms with Crippen molar-refractivity contribution in [1.29, 1.82) is 5.26 Å². The van der Waals surface area contributed by atoms with Crippen LogP contribution in [0.4, 0.5) is 0 Å². The third kappa shape index (κ3) is 1.73. The van der Waals surface area contributed by atoms with Crippen LogP contribution in [0.1, 0.15) is 18.1 Å². The summed E-state index contributed by atoms with van der Waals surface area (Å²) in [6.07, 6.45) is 0. The molecule has 0 aliphatic heterocycles. The van der Waals surface area contributed by atoms with Crippen molar-refractivity contribution in [3.8, 4) is 6.07 Å². The van der Waals surface area contributed by atoms with Gasteiger partial charge in [-0.1, -0.05) is 12.1 Å². The Kier molecular flexibility index (Phi) is 2.54. The Morgan fingerprint density at radius 1 is 1.64 bits per heavy atom. The SMILES string of the molecule is CC(N)(C(=O)O)c1cccc(C#N)c1. The molecule has 0 aromatic heterocycles. The van der Waals surface area contributed by atoms with Crippen LogP contribution in [0.5, 0.6) is 0 Å². The molecule has 0 aliphatic carbocycles. The molecular weight excluding hydrogens is 180 g/mol. The molecule has 1 aromatic carbocycles. The Bertz CT molecular complexity index is 405. The molecule has 4 nitrogen and oxygen atoms in total. The lowest BCUT2D eigenvalue weighted by atomic mass is 9.92. The van der Waals surface area contributed by atoms with Gasteiger partial charge in [0.1, 0.15) is 5.54 Å². The highest BCUT2D eigenvalue weighted by atomic mass is 16.4. The third-order valence-electron chi connectivity index (χ3n) is 2.04. The number of carbonyl (C=O) groups is 1. The zero-order valence-electron chi connectivity index (χ0n) is 7.69. The van der Waals surface area contributed by atoms with Gasteiger partial charge in [-0.25, -0.2) is 4.79 Å². The topological polar surface area (TPSA) is 87.1 Å². The van der Waals surface area contributed by atoms with Crippen molar-refractivity contribution in [1.82, 2.24) is 0 Å². The largest absolute Gasteiger partial charge is 0.480 e. The highest BCUT2D eigenvalue weighted by molar-refractivity contribution is 5.80. The predicted octanol–water partition coefficient (Wildman–Crippen LogP) is 0.817. The Balaban J connectivity index is 3.21. The minimum Gasteiger partial charge on any atom is -0.480 e. The van der Waals surface area contributed by atoms with E-state index in [4.69, 9.17) is 16.1 Å². The molecule has 1 atom stereocenters. The molecule has 1 unspecified atom stereocenters. The average molecular weight is 190 g/mol. The van der Waals surface area contributed by atoms with E-state index in [1.54, 1.807) is 18.2 Å². The molecule has 0 aliphatic rings. The summed E-state index contributed by atoms with van der Waals surface area (Å²) in [4.78, 5) is 10.8. The van der Waals surface area contributed by atoms with E-state index in [0.29, 0.717) is 11.1 Å². The Morgan fingerprint density at radius 3 is 2.79 bits per heavy atom. The Morgan fingerprint density at radius 2 is 2.29 bits per heavy atom. The lowest BCUT2D eigenvalue weighted by Gasteiger charge is -2.19. The molecule has 0 bridgehead atoms. The number of nitrogens with two attached hydrogens (primary N) is 1. The maximum atomic E-state index is 10.8. The summed E-state index contributed by atoms with van der Waals surface area (Å²) in [5.74, 6) is -1.12. The number of aliphatic carboxylic acids is 1. The highest BCUT2D eigenvalue weighted by Crippen LogP contribution is 2.18. The van der Waals surface area contributed by atoms with Gasteiger partial charge in [-0.15, -0.1) is 0 Å². The van der Waals surface area contributed by atoms with Crippen LogP contribution in [-0.2, 0) is 10.3 Å². The van der Waals surface area contributed by atoms with Crippen LogP contribution < -0.4 is 5.73 Å². The number of nitrogens with zero attached hydrogens (tertiary/aromatic N) is 1. The van der Waals surface area contributed by atoms with E-state index in [1.807, 2.05) is 6.07 Å². The van der Waals surface area contributed by atoms with E-state index >= 15 is 0 Å². The van der Waals surface area contributed by atoms with Gasteiger partial charge < -0.3 is 10.8 Å². The summed E-state index contributed by atoms with van der Waals surface area (Å²) in [6.45, 7) is 1.39. The fourth-order valence-corrected chi connectivity index (χ4v) is 1.04. The molecule has 0 heterocycles. The van der Waals surface area contributed by atoms with E-state index < -0.39 is 11.5 Å². The monoisotopic (exact) mass is 190 g/mol. The van der Waals surface area contributed by atoms with E-state index in [0.717, 1.165) is 0 Å². The maximum absolute atomic E-state index is 10.8. The second-order valence-corrected chi connectivity index (χ2v) is 3.20. The molecule has 0 saturated heterocycles. The molecule has 14 heavy (non-hydrogen) atoms. The van der Waals surface area contributed by atoms with E-state index in [2.05, 4.69) is 0 Å². The summed E-state index contributed by atoms with van der Waals surface area (Å²) in [7, 11) is 0. The minimum absolute atomic E-state index is 0.403. The van der Waals surface area contributed by atoms with E-state index in [-0.39, 0.29) is 0 Å². The smallest absolute Gasteiger partial charge is 0.328 e.